The number of carbonyl (C=O) groups is 3. The summed E-state index contributed by atoms with van der Waals surface area (Å²) in [5.41, 5.74) is 0.384. The fourth-order valence-electron chi connectivity index (χ4n) is 3.92. The van der Waals surface area contributed by atoms with Gasteiger partial charge in [0.05, 0.1) is 29.8 Å². The molecule has 0 aliphatic carbocycles. The van der Waals surface area contributed by atoms with Crippen molar-refractivity contribution >= 4 is 35.7 Å². The van der Waals surface area contributed by atoms with Gasteiger partial charge >= 0.3 is 5.97 Å². The van der Waals surface area contributed by atoms with E-state index in [9.17, 15) is 23.9 Å². The third-order valence-electron chi connectivity index (χ3n) is 5.60. The molecule has 0 spiro atoms. The van der Waals surface area contributed by atoms with Crippen molar-refractivity contribution in [3.63, 3.8) is 0 Å². The third kappa shape index (κ3) is 4.79. The molecule has 2 unspecified atom stereocenters. The van der Waals surface area contributed by atoms with Crippen LogP contribution >= 0.6 is 11.6 Å². The first kappa shape index (κ1) is 23.3. The molecule has 31 heavy (non-hydrogen) atoms. The van der Waals surface area contributed by atoms with Gasteiger partial charge in [-0.25, -0.2) is 4.39 Å². The minimum atomic E-state index is -1.15. The SMILES string of the molecule is C[C@@H](CNC1(C)COC1)N1C(C=O)C(c2cccc(F)c2Cl)=CN(CC(=O)O)C1C=O. The predicted molar refractivity (Wildman–Crippen MR) is 112 cm³/mol. The molecule has 3 rings (SSSR count). The molecule has 0 bridgehead atoms. The Morgan fingerprint density at radius 3 is 2.68 bits per heavy atom. The average molecular weight is 454 g/mol. The molecule has 8 nitrogen and oxygen atoms in total. The molecule has 0 aromatic heterocycles. The zero-order valence-electron chi connectivity index (χ0n) is 17.3. The molecule has 2 aliphatic rings. The van der Waals surface area contributed by atoms with Crippen molar-refractivity contribution < 1.29 is 28.6 Å². The summed E-state index contributed by atoms with van der Waals surface area (Å²) in [6, 6.07) is 2.93. The maximum Gasteiger partial charge on any atom is 0.323 e. The van der Waals surface area contributed by atoms with E-state index in [1.807, 2.05) is 13.8 Å². The average Bonchev–Trinajstić information content (AvgIpc) is 2.71. The smallest absolute Gasteiger partial charge is 0.323 e. The predicted octanol–water partition coefficient (Wildman–Crippen LogP) is 1.38. The van der Waals surface area contributed by atoms with Crippen molar-refractivity contribution in [3.05, 3.63) is 40.8 Å². The van der Waals surface area contributed by atoms with E-state index < -0.39 is 30.5 Å². The highest BCUT2D eigenvalue weighted by atomic mass is 35.5. The Morgan fingerprint density at radius 1 is 1.42 bits per heavy atom. The van der Waals surface area contributed by atoms with Gasteiger partial charge in [0.15, 0.2) is 6.29 Å². The van der Waals surface area contributed by atoms with E-state index in [1.54, 1.807) is 11.0 Å². The largest absolute Gasteiger partial charge is 0.480 e. The summed E-state index contributed by atoms with van der Waals surface area (Å²) in [5, 5.41) is 12.5. The molecule has 0 radical (unpaired) electrons. The van der Waals surface area contributed by atoms with Gasteiger partial charge in [-0.15, -0.1) is 0 Å². The molecule has 1 aromatic carbocycles. The van der Waals surface area contributed by atoms with Crippen LogP contribution in [0.1, 0.15) is 19.4 Å². The Balaban J connectivity index is 2.02. The van der Waals surface area contributed by atoms with Crippen LogP contribution in [-0.4, -0.2) is 83.5 Å². The standard InChI is InChI=1S/C21H25ClFN3O5/c1-13(6-24-21(2)11-31-12-21)26-17(9-27)15(14-4-3-5-16(23)20(14)22)7-25(8-19(29)30)18(26)10-28/h3-5,7,9-10,13,17-18,24H,6,8,11-12H2,1-2H3,(H,29,30)/t13-,17?,18?/m0/s1. The fraction of sp³-hybridized carbons (Fsp3) is 0.476. The van der Waals surface area contributed by atoms with Gasteiger partial charge in [-0.05, 0) is 19.9 Å². The van der Waals surface area contributed by atoms with E-state index in [0.717, 1.165) is 0 Å². The zero-order valence-corrected chi connectivity index (χ0v) is 18.0. The molecule has 168 valence electrons. The van der Waals surface area contributed by atoms with E-state index in [1.165, 1.54) is 23.2 Å². The number of aliphatic carboxylic acids is 1. The number of aldehydes is 2. The third-order valence-corrected chi connectivity index (χ3v) is 5.98. The molecule has 2 heterocycles. The number of hydrogen-bond donors (Lipinski definition) is 2. The number of carbonyl (C=O) groups excluding carboxylic acids is 2. The highest BCUT2D eigenvalue weighted by Crippen LogP contribution is 2.35. The molecular formula is C21H25ClFN3O5. The molecule has 3 atom stereocenters. The van der Waals surface area contributed by atoms with Crippen molar-refractivity contribution in [2.45, 2.75) is 37.6 Å². The lowest BCUT2D eigenvalue weighted by molar-refractivity contribution is -0.140. The minimum absolute atomic E-state index is 0.176. The quantitative estimate of drug-likeness (QED) is 0.541. The van der Waals surface area contributed by atoms with Gasteiger partial charge in [-0.1, -0.05) is 23.7 Å². The maximum atomic E-state index is 14.1. The van der Waals surface area contributed by atoms with Crippen molar-refractivity contribution in [3.8, 4) is 0 Å². The van der Waals surface area contributed by atoms with Crippen molar-refractivity contribution in [1.82, 2.24) is 15.1 Å². The zero-order chi connectivity index (χ0) is 22.8. The number of halogens is 2. The summed E-state index contributed by atoms with van der Waals surface area (Å²) < 4.78 is 19.4. The summed E-state index contributed by atoms with van der Waals surface area (Å²) in [6.07, 6.45) is 1.67. The van der Waals surface area contributed by atoms with Gasteiger partial charge in [0.1, 0.15) is 24.8 Å². The summed E-state index contributed by atoms with van der Waals surface area (Å²) >= 11 is 6.17. The maximum absolute atomic E-state index is 14.1. The second kappa shape index (κ2) is 9.44. The number of ether oxygens (including phenoxy) is 1. The number of nitrogens with one attached hydrogen (secondary N) is 1. The highest BCUT2D eigenvalue weighted by molar-refractivity contribution is 6.32. The Kier molecular flexibility index (Phi) is 7.10. The summed E-state index contributed by atoms with van der Waals surface area (Å²) in [7, 11) is 0. The molecule has 0 amide bonds. The molecule has 10 heteroatoms. The van der Waals surface area contributed by atoms with Gasteiger partial charge in [0.25, 0.3) is 0 Å². The topological polar surface area (TPSA) is 99.2 Å². The monoisotopic (exact) mass is 453 g/mol. The number of benzene rings is 1. The Bertz CT molecular complexity index is 892. The molecule has 1 saturated heterocycles. The van der Waals surface area contributed by atoms with Crippen LogP contribution < -0.4 is 5.32 Å². The summed E-state index contributed by atoms with van der Waals surface area (Å²) in [4.78, 5) is 38.6. The Labute approximate surface area is 184 Å². The lowest BCUT2D eigenvalue weighted by atomic mass is 9.94. The Hall–Kier alpha value is -2.33. The van der Waals surface area contributed by atoms with E-state index in [2.05, 4.69) is 5.32 Å². The number of carboxylic acid groups (broad SMARTS) is 1. The minimum Gasteiger partial charge on any atom is -0.480 e. The van der Waals surface area contributed by atoms with Crippen molar-refractivity contribution in [2.24, 2.45) is 0 Å². The molecular weight excluding hydrogens is 429 g/mol. The second-order valence-electron chi connectivity index (χ2n) is 8.11. The number of carboxylic acids is 1. The van der Waals surface area contributed by atoms with Crippen LogP contribution in [0.3, 0.4) is 0 Å². The van der Waals surface area contributed by atoms with Crippen LogP contribution in [0.25, 0.3) is 5.57 Å². The summed E-state index contributed by atoms with van der Waals surface area (Å²) in [6.45, 7) is 4.86. The van der Waals surface area contributed by atoms with Gasteiger partial charge in [0.2, 0.25) is 0 Å². The number of hydrogen-bond acceptors (Lipinski definition) is 7. The van der Waals surface area contributed by atoms with Gasteiger partial charge in [0, 0.05) is 29.9 Å². The fourth-order valence-corrected chi connectivity index (χ4v) is 4.15. The first-order valence-electron chi connectivity index (χ1n) is 9.85. The lowest BCUT2D eigenvalue weighted by Gasteiger charge is -2.48. The normalized spacial score (nSPS) is 24.1. The van der Waals surface area contributed by atoms with Crippen LogP contribution in [0.4, 0.5) is 4.39 Å². The van der Waals surface area contributed by atoms with Crippen LogP contribution in [0.2, 0.25) is 5.02 Å². The van der Waals surface area contributed by atoms with Gasteiger partial charge in [-0.2, -0.15) is 0 Å². The molecule has 1 aromatic rings. The van der Waals surface area contributed by atoms with Crippen LogP contribution in [0.15, 0.2) is 24.4 Å². The van der Waals surface area contributed by atoms with E-state index in [0.29, 0.717) is 37.9 Å². The number of nitrogens with zero attached hydrogens (tertiary/aromatic N) is 2. The van der Waals surface area contributed by atoms with Gasteiger partial charge in [-0.3, -0.25) is 14.5 Å². The lowest BCUT2D eigenvalue weighted by Crippen LogP contribution is -2.64. The van der Waals surface area contributed by atoms with Crippen molar-refractivity contribution in [2.75, 3.05) is 26.3 Å². The first-order chi connectivity index (χ1) is 14.7. The Morgan fingerprint density at radius 2 is 2.13 bits per heavy atom. The van der Waals surface area contributed by atoms with Crippen molar-refractivity contribution in [1.29, 1.82) is 0 Å². The molecule has 2 aliphatic heterocycles. The van der Waals surface area contributed by atoms with E-state index >= 15 is 0 Å². The van der Waals surface area contributed by atoms with Crippen LogP contribution in [-0.2, 0) is 19.1 Å². The van der Waals surface area contributed by atoms with E-state index in [4.69, 9.17) is 16.3 Å². The van der Waals surface area contributed by atoms with Gasteiger partial charge < -0.3 is 24.9 Å². The summed E-state index contributed by atoms with van der Waals surface area (Å²) in [5.74, 6) is -1.81. The second-order valence-corrected chi connectivity index (χ2v) is 8.49. The van der Waals surface area contributed by atoms with E-state index in [-0.39, 0.29) is 22.2 Å². The molecule has 2 N–H and O–H groups in total. The van der Waals surface area contributed by atoms with Crippen LogP contribution in [0.5, 0.6) is 0 Å². The molecule has 1 fully saturated rings. The number of rotatable bonds is 9. The van der Waals surface area contributed by atoms with Crippen LogP contribution in [0, 0.1) is 5.82 Å². The molecule has 0 saturated carbocycles. The first-order valence-corrected chi connectivity index (χ1v) is 10.2. The highest BCUT2D eigenvalue weighted by Gasteiger charge is 2.42.